The van der Waals surface area contributed by atoms with Crippen LogP contribution in [0.3, 0.4) is 0 Å². The molecule has 58 heavy (non-hydrogen) atoms. The number of anilines is 2. The molecule has 0 bridgehead atoms. The molecular formula is C44H69N7O7. The second kappa shape index (κ2) is 26.8. The first-order chi connectivity index (χ1) is 27.6. The summed E-state index contributed by atoms with van der Waals surface area (Å²) in [7, 11) is 0. The Bertz CT molecular complexity index is 1590. The van der Waals surface area contributed by atoms with Crippen LogP contribution in [0, 0.1) is 25.7 Å². The highest BCUT2D eigenvalue weighted by molar-refractivity contribution is 6.01. The van der Waals surface area contributed by atoms with Crippen molar-refractivity contribution in [3.05, 3.63) is 59.2 Å². The fourth-order valence-electron chi connectivity index (χ4n) is 6.58. The summed E-state index contributed by atoms with van der Waals surface area (Å²) in [4.78, 5) is 77.7. The Morgan fingerprint density at radius 2 is 1.21 bits per heavy atom. The van der Waals surface area contributed by atoms with Crippen LogP contribution in [0.2, 0.25) is 0 Å². The zero-order valence-corrected chi connectivity index (χ0v) is 35.5. The molecule has 2 rings (SSSR count). The second-order valence-corrected chi connectivity index (χ2v) is 16.0. The third-order valence-electron chi connectivity index (χ3n) is 9.84. The first kappa shape index (κ1) is 49.2. The Morgan fingerprint density at radius 1 is 0.655 bits per heavy atom. The molecule has 322 valence electrons. The number of para-hydroxylation sites is 1. The maximum absolute atomic E-state index is 13.5. The topological polar surface area (TPSA) is 221 Å². The van der Waals surface area contributed by atoms with Crippen LogP contribution in [-0.2, 0) is 30.4 Å². The molecular weight excluding hydrogens is 739 g/mol. The van der Waals surface area contributed by atoms with Crippen molar-refractivity contribution in [1.29, 1.82) is 0 Å². The number of aryl methyl sites for hydroxylation is 2. The maximum atomic E-state index is 13.5. The van der Waals surface area contributed by atoms with Crippen LogP contribution in [0.4, 0.5) is 16.2 Å². The highest BCUT2D eigenvalue weighted by atomic mass is 16.4. The number of carbonyl (C=O) groups excluding carboxylic acids is 5. The largest absolute Gasteiger partial charge is 0.481 e. The second-order valence-electron chi connectivity index (χ2n) is 16.0. The fourth-order valence-corrected chi connectivity index (χ4v) is 6.58. The van der Waals surface area contributed by atoms with Crippen molar-refractivity contribution >= 4 is 47.0 Å². The zero-order chi connectivity index (χ0) is 43.0. The van der Waals surface area contributed by atoms with Gasteiger partial charge in [0.05, 0.1) is 12.8 Å². The van der Waals surface area contributed by atoms with Crippen LogP contribution in [0.15, 0.2) is 42.5 Å². The number of nitrogens with two attached hydrogens (primary N) is 1. The predicted octanol–water partition coefficient (Wildman–Crippen LogP) is 6.10. The molecule has 0 aliphatic carbocycles. The monoisotopic (exact) mass is 808 g/mol. The quantitative estimate of drug-likeness (QED) is 0.0492. The lowest BCUT2D eigenvalue weighted by atomic mass is 10.0. The highest BCUT2D eigenvalue weighted by Crippen LogP contribution is 2.20. The molecule has 3 atom stereocenters. The lowest BCUT2D eigenvalue weighted by Crippen LogP contribution is -2.58. The van der Waals surface area contributed by atoms with Crippen LogP contribution >= 0.6 is 0 Å². The summed E-state index contributed by atoms with van der Waals surface area (Å²) in [5.41, 5.74) is 9.29. The predicted molar refractivity (Wildman–Crippen MR) is 229 cm³/mol. The molecule has 2 aromatic rings. The summed E-state index contributed by atoms with van der Waals surface area (Å²) in [6, 6.07) is 8.55. The Labute approximate surface area is 345 Å². The van der Waals surface area contributed by atoms with Gasteiger partial charge in [-0.2, -0.15) is 0 Å². The third kappa shape index (κ3) is 19.4. The molecule has 0 unspecified atom stereocenters. The molecule has 6 amide bonds. The van der Waals surface area contributed by atoms with E-state index in [1.54, 1.807) is 38.1 Å². The first-order valence-corrected chi connectivity index (χ1v) is 20.9. The van der Waals surface area contributed by atoms with E-state index in [0.717, 1.165) is 55.5 Å². The van der Waals surface area contributed by atoms with Crippen molar-refractivity contribution < 1.29 is 33.9 Å². The van der Waals surface area contributed by atoms with E-state index in [9.17, 15) is 33.9 Å². The van der Waals surface area contributed by atoms with Crippen molar-refractivity contribution in [3.8, 4) is 0 Å². The van der Waals surface area contributed by atoms with Crippen molar-refractivity contribution in [2.75, 3.05) is 23.7 Å². The van der Waals surface area contributed by atoms with Crippen LogP contribution < -0.4 is 37.6 Å². The minimum Gasteiger partial charge on any atom is -0.481 e. The van der Waals surface area contributed by atoms with Gasteiger partial charge in [-0.05, 0) is 80.3 Å². The van der Waals surface area contributed by atoms with Crippen molar-refractivity contribution in [2.45, 2.75) is 143 Å². The number of urea groups is 1. The standard InChI is InChI=1S/C44H69N7O7/c1-29(2)26-35(48-37(52)27-33-20-22-34(23-21-33)47-44(58)51-40-31(5)18-17-19-32(40)6)41(55)49-36(28-38(53)54)42(56)50-39(30(3)4)43(57)46-25-16-14-12-10-8-7-9-11-13-15-24-45/h17-23,29-30,35-36,39H,7-16,24-28,45H2,1-6H3,(H,46,57)(H,48,52)(H,49,55)(H,50,56)(H,53,54)(H2,47,51,58)/t35-,36-,39-/m0/s1. The number of carboxylic acid groups (broad SMARTS) is 1. The average Bonchev–Trinajstić information content (AvgIpc) is 3.15. The number of nitrogens with one attached hydrogen (secondary N) is 6. The Balaban J connectivity index is 1.93. The molecule has 0 spiro atoms. The Kier molecular flexibility index (Phi) is 22.8. The van der Waals surface area contributed by atoms with Crippen molar-refractivity contribution in [2.24, 2.45) is 17.6 Å². The van der Waals surface area contributed by atoms with Crippen LogP contribution in [0.1, 0.15) is 121 Å². The van der Waals surface area contributed by atoms with E-state index in [2.05, 4.69) is 31.9 Å². The van der Waals surface area contributed by atoms with E-state index in [1.165, 1.54) is 32.1 Å². The summed E-state index contributed by atoms with van der Waals surface area (Å²) in [5.74, 6) is -4.02. The summed E-state index contributed by atoms with van der Waals surface area (Å²) in [6.45, 7) is 12.3. The van der Waals surface area contributed by atoms with Crippen LogP contribution in [-0.4, -0.2) is 72.0 Å². The molecule has 0 fully saturated rings. The van der Waals surface area contributed by atoms with Gasteiger partial charge in [0.25, 0.3) is 0 Å². The third-order valence-corrected chi connectivity index (χ3v) is 9.84. The van der Waals surface area contributed by atoms with E-state index >= 15 is 0 Å². The van der Waals surface area contributed by atoms with Gasteiger partial charge in [0.1, 0.15) is 18.1 Å². The van der Waals surface area contributed by atoms with Gasteiger partial charge >= 0.3 is 12.0 Å². The lowest BCUT2D eigenvalue weighted by Gasteiger charge is -2.26. The molecule has 0 aliphatic rings. The first-order valence-electron chi connectivity index (χ1n) is 20.9. The number of hydrogen-bond acceptors (Lipinski definition) is 7. The van der Waals surface area contributed by atoms with Gasteiger partial charge in [-0.1, -0.05) is 109 Å². The number of rotatable bonds is 27. The molecule has 14 nitrogen and oxygen atoms in total. The fraction of sp³-hybridized carbons (Fsp3) is 0.591. The van der Waals surface area contributed by atoms with Gasteiger partial charge in [-0.15, -0.1) is 0 Å². The van der Waals surface area contributed by atoms with Gasteiger partial charge in [0.15, 0.2) is 0 Å². The molecule has 2 aromatic carbocycles. The average molecular weight is 808 g/mol. The number of aliphatic carboxylic acids is 1. The van der Waals surface area contributed by atoms with Crippen LogP contribution in [0.5, 0.6) is 0 Å². The van der Waals surface area contributed by atoms with E-state index in [-0.39, 0.29) is 30.6 Å². The molecule has 9 N–H and O–H groups in total. The van der Waals surface area contributed by atoms with Gasteiger partial charge < -0.3 is 42.7 Å². The molecule has 0 heterocycles. The SMILES string of the molecule is Cc1cccc(C)c1NC(=O)Nc1ccc(CC(=O)N[C@@H](CC(C)C)C(=O)N[C@@H](CC(=O)O)C(=O)N[C@H](C(=O)NCCCCCCCCCCCCN)C(C)C)cc1. The number of carboxylic acids is 1. The molecule has 14 heteroatoms. The van der Waals surface area contributed by atoms with Crippen molar-refractivity contribution in [3.63, 3.8) is 0 Å². The summed E-state index contributed by atoms with van der Waals surface area (Å²) in [6.07, 6.45) is 10.6. The molecule has 0 saturated carbocycles. The highest BCUT2D eigenvalue weighted by Gasteiger charge is 2.32. The lowest BCUT2D eigenvalue weighted by molar-refractivity contribution is -0.141. The van der Waals surface area contributed by atoms with Gasteiger partial charge in [0.2, 0.25) is 23.6 Å². The van der Waals surface area contributed by atoms with E-state index in [1.807, 2.05) is 45.9 Å². The van der Waals surface area contributed by atoms with E-state index in [0.29, 0.717) is 17.8 Å². The minimum absolute atomic E-state index is 0.0339. The number of amides is 6. The smallest absolute Gasteiger partial charge is 0.323 e. The maximum Gasteiger partial charge on any atom is 0.323 e. The van der Waals surface area contributed by atoms with Gasteiger partial charge in [-0.3, -0.25) is 24.0 Å². The number of benzene rings is 2. The molecule has 0 aliphatic heterocycles. The van der Waals surface area contributed by atoms with Gasteiger partial charge in [0, 0.05) is 17.9 Å². The van der Waals surface area contributed by atoms with Crippen LogP contribution in [0.25, 0.3) is 0 Å². The minimum atomic E-state index is -1.49. The molecule has 0 radical (unpaired) electrons. The number of hydrogen-bond donors (Lipinski definition) is 8. The summed E-state index contributed by atoms with van der Waals surface area (Å²) >= 11 is 0. The molecule has 0 saturated heterocycles. The van der Waals surface area contributed by atoms with Gasteiger partial charge in [-0.25, -0.2) is 4.79 Å². The summed E-state index contributed by atoms with van der Waals surface area (Å²) < 4.78 is 0. The van der Waals surface area contributed by atoms with Crippen molar-refractivity contribution in [1.82, 2.24) is 21.3 Å². The Hall–Kier alpha value is -4.98. The number of carbonyl (C=O) groups is 6. The summed E-state index contributed by atoms with van der Waals surface area (Å²) in [5, 5.41) is 26.1. The molecule has 0 aromatic heterocycles. The van der Waals surface area contributed by atoms with E-state index < -0.39 is 54.3 Å². The zero-order valence-electron chi connectivity index (χ0n) is 35.5. The Morgan fingerprint density at radius 3 is 1.74 bits per heavy atom. The number of unbranched alkanes of at least 4 members (excludes halogenated alkanes) is 9. The van der Waals surface area contributed by atoms with E-state index in [4.69, 9.17) is 5.73 Å². The normalized spacial score (nSPS) is 12.6.